The third-order valence-corrected chi connectivity index (χ3v) is 15.3. The van der Waals surface area contributed by atoms with E-state index in [0.29, 0.717) is 0 Å². The van der Waals surface area contributed by atoms with E-state index >= 15 is 0 Å². The molecule has 0 aromatic heterocycles. The molecule has 0 saturated carbocycles. The molecular weight excluding hydrogens is 1180 g/mol. The van der Waals surface area contributed by atoms with Crippen molar-refractivity contribution >= 4 is 17.7 Å². The lowest BCUT2D eigenvalue weighted by Crippen LogP contribution is -2.70. The van der Waals surface area contributed by atoms with E-state index in [1.54, 1.807) is 0 Å². The number of hydrogen-bond donors (Lipinski definition) is 23. The highest BCUT2D eigenvalue weighted by Crippen LogP contribution is 2.37. The van der Waals surface area contributed by atoms with Gasteiger partial charge in [0.2, 0.25) is 17.7 Å². The minimum absolute atomic E-state index is 0.797. The zero-order valence-electron chi connectivity index (χ0n) is 46.6. The molecule has 34 atom stereocenters. The first-order chi connectivity index (χ1) is 40.6. The zero-order chi connectivity index (χ0) is 63.9. The van der Waals surface area contributed by atoms with E-state index in [1.165, 1.54) is 6.92 Å². The number of carbonyl (C=O) groups excluding carboxylic acids is 3. The Labute approximate surface area is 488 Å². The fourth-order valence-corrected chi connectivity index (χ4v) is 10.6. The molecule has 0 spiro atoms. The number of ether oxygens (including phenoxy) is 12. The van der Waals surface area contributed by atoms with Crippen LogP contribution in [0.2, 0.25) is 0 Å². The summed E-state index contributed by atoms with van der Waals surface area (Å²) >= 11 is 0. The second-order valence-corrected chi connectivity index (χ2v) is 21.6. The highest BCUT2D eigenvalue weighted by molar-refractivity contribution is 5.74. The van der Waals surface area contributed by atoms with Crippen molar-refractivity contribution in [1.29, 1.82) is 0 Å². The van der Waals surface area contributed by atoms with Crippen LogP contribution in [-0.2, 0) is 71.2 Å². The van der Waals surface area contributed by atoms with Crippen LogP contribution >= 0.6 is 0 Å². The summed E-state index contributed by atoms with van der Waals surface area (Å²) < 4.78 is 69.3. The largest absolute Gasteiger partial charge is 0.394 e. The molecule has 38 heteroatoms. The predicted molar refractivity (Wildman–Crippen MR) is 267 cm³/mol. The molecule has 3 amide bonds. The summed E-state index contributed by atoms with van der Waals surface area (Å²) in [4.78, 5) is 37.6. The maximum absolute atomic E-state index is 12.9. The number of amides is 3. The summed E-state index contributed by atoms with van der Waals surface area (Å²) in [5, 5.41) is 223. The molecule has 6 aliphatic heterocycles. The fourth-order valence-electron chi connectivity index (χ4n) is 10.6. The lowest BCUT2D eigenvalue weighted by Gasteiger charge is -2.51. The topological polar surface area (TPSA) is 603 Å². The minimum Gasteiger partial charge on any atom is -0.394 e. The number of carbonyl (C=O) groups is 3. The van der Waals surface area contributed by atoms with Gasteiger partial charge >= 0.3 is 0 Å². The van der Waals surface area contributed by atoms with Crippen LogP contribution in [0, 0.1) is 0 Å². The summed E-state index contributed by atoms with van der Waals surface area (Å²) in [6.07, 6.45) is -60.0. The maximum atomic E-state index is 12.9. The van der Waals surface area contributed by atoms with Gasteiger partial charge in [0, 0.05) is 20.8 Å². The van der Waals surface area contributed by atoms with Gasteiger partial charge in [-0.15, -0.1) is 0 Å². The number of rotatable bonds is 25. The first-order valence-corrected chi connectivity index (χ1v) is 27.4. The van der Waals surface area contributed by atoms with Crippen LogP contribution in [0.25, 0.3) is 0 Å². The molecule has 6 rings (SSSR count). The number of hydrogen-bond acceptors (Lipinski definition) is 35. The van der Waals surface area contributed by atoms with Crippen molar-refractivity contribution in [3.8, 4) is 0 Å². The maximum Gasteiger partial charge on any atom is 0.217 e. The second-order valence-electron chi connectivity index (χ2n) is 21.6. The van der Waals surface area contributed by atoms with Crippen molar-refractivity contribution in [2.45, 2.75) is 236 Å². The molecule has 0 aromatic carbocycles. The van der Waals surface area contributed by atoms with E-state index in [9.17, 15) is 117 Å². The molecule has 6 aliphatic rings. The van der Waals surface area contributed by atoms with Gasteiger partial charge in [-0.3, -0.25) is 14.4 Å². The van der Waals surface area contributed by atoms with E-state index in [1.807, 2.05) is 0 Å². The van der Waals surface area contributed by atoms with Gasteiger partial charge in [0.1, 0.15) is 159 Å². The van der Waals surface area contributed by atoms with Crippen molar-refractivity contribution < 1.29 is 173 Å². The predicted octanol–water partition coefficient (Wildman–Crippen LogP) is -15.2. The molecule has 0 bridgehead atoms. The Hall–Kier alpha value is -2.87. The molecule has 0 unspecified atom stereocenters. The SMILES string of the molecule is CC(=O)N[C@H]1[C@H](OC[C@@H](O)[C@H](O)[C@H](O[C@@H]2O[C@H](CO)[C@H](O)[C@H](O)[C@H]2O)[C@H](CO)NC(C)=O)O[C@H](CO)[C@@H](O[C@@H]2O[C@H](CO)[C@H](O)[C@H](O[C@@H]3O[C@H](CO)[C@@H](O)[C@H](O[C@@H]4O[C@H](CO)[C@H](O)[C@H](O)[C@H]4O[C@@H]4O[C@@H](C)[C@@H](O)[C@@H](O)[C@@H]4O)[C@H]3NC(C)=O)[C@H]2O)[C@@H]1O. The van der Waals surface area contributed by atoms with Gasteiger partial charge in [-0.05, 0) is 6.92 Å². The molecule has 0 aliphatic carbocycles. The quantitative estimate of drug-likeness (QED) is 0.0404. The molecular formula is C48H83N3O35. The summed E-state index contributed by atoms with van der Waals surface area (Å²) in [6, 6.07) is -5.22. The highest BCUT2D eigenvalue weighted by Gasteiger charge is 2.58. The first-order valence-electron chi connectivity index (χ1n) is 27.4. The van der Waals surface area contributed by atoms with Crippen LogP contribution in [0.5, 0.6) is 0 Å². The highest BCUT2D eigenvalue weighted by atomic mass is 16.8. The average molecular weight is 1260 g/mol. The van der Waals surface area contributed by atoms with E-state index in [4.69, 9.17) is 56.8 Å². The summed E-state index contributed by atoms with van der Waals surface area (Å²) in [5.74, 6) is -2.56. The molecule has 500 valence electrons. The molecule has 6 fully saturated rings. The Kier molecular flexibility index (Phi) is 26.8. The van der Waals surface area contributed by atoms with Crippen LogP contribution in [0.3, 0.4) is 0 Å². The number of aliphatic hydroxyl groups is 20. The Morgan fingerprint density at radius 2 is 0.860 bits per heavy atom. The van der Waals surface area contributed by atoms with Gasteiger partial charge in [0.25, 0.3) is 0 Å². The van der Waals surface area contributed by atoms with Gasteiger partial charge < -0.3 is 175 Å². The van der Waals surface area contributed by atoms with E-state index in [0.717, 1.165) is 20.8 Å². The number of aliphatic hydroxyl groups excluding tert-OH is 20. The Morgan fingerprint density at radius 1 is 0.419 bits per heavy atom. The standard InChI is InChI=1S/C48H83N3O35/c1-12-25(62)32(69)35(72)45(76-12)86-42-34(71)28(65)19(7-54)80-48(42)84-40-24(51-15(4)60)44(77-20(8-55)29(40)66)85-41-30(67)21(9-56)79-47(37(41)74)83-39-22(10-57)81-43(23(31(39)68)50-14(3)59)75-11-17(61)26(63)38(16(5-52)49-13(2)58)82-46-36(73)33(70)27(64)18(6-53)78-46/h12,16-48,52-57,61-74H,5-11H2,1-4H3,(H,49,58)(H,50,59)(H,51,60)/t12-,16-,17+,18+,19+,20+,21+,22+,23+,24+,25+,26-,27-,28-,29+,30-,31+,32+,33-,34-,35-,36+,37+,38+,39+,40+,41-,42+,43+,44-,45-,46-,47-,48-/m0/s1. The van der Waals surface area contributed by atoms with Crippen LogP contribution in [-0.4, -0.2) is 375 Å². The van der Waals surface area contributed by atoms with Crippen LogP contribution in [0.4, 0.5) is 0 Å². The van der Waals surface area contributed by atoms with Crippen molar-refractivity contribution in [3.05, 3.63) is 0 Å². The van der Waals surface area contributed by atoms with Gasteiger partial charge in [0.05, 0.1) is 58.4 Å². The number of nitrogens with one attached hydrogen (secondary N) is 3. The first kappa shape index (κ1) is 72.2. The van der Waals surface area contributed by atoms with Gasteiger partial charge in [-0.2, -0.15) is 0 Å². The fraction of sp³-hybridized carbons (Fsp3) is 0.938. The van der Waals surface area contributed by atoms with Crippen LogP contribution in [0.15, 0.2) is 0 Å². The van der Waals surface area contributed by atoms with Crippen LogP contribution in [0.1, 0.15) is 27.7 Å². The second kappa shape index (κ2) is 31.9. The molecule has 0 radical (unpaired) electrons. The summed E-state index contributed by atoms with van der Waals surface area (Å²) in [5.41, 5.74) is 0. The smallest absolute Gasteiger partial charge is 0.217 e. The Balaban J connectivity index is 1.22. The van der Waals surface area contributed by atoms with E-state index < -0.39 is 272 Å². The molecule has 23 N–H and O–H groups in total. The molecule has 38 nitrogen and oxygen atoms in total. The molecule has 6 saturated heterocycles. The molecule has 6 heterocycles. The van der Waals surface area contributed by atoms with E-state index in [-0.39, 0.29) is 0 Å². The van der Waals surface area contributed by atoms with Gasteiger partial charge in [-0.25, -0.2) is 0 Å². The summed E-state index contributed by atoms with van der Waals surface area (Å²) in [6.45, 7) is -2.86. The minimum atomic E-state index is -2.29. The van der Waals surface area contributed by atoms with Crippen LogP contribution < -0.4 is 16.0 Å². The normalized spacial score (nSPS) is 45.5. The van der Waals surface area contributed by atoms with Crippen molar-refractivity contribution in [2.75, 3.05) is 46.2 Å². The van der Waals surface area contributed by atoms with Gasteiger partial charge in [-0.1, -0.05) is 0 Å². The summed E-state index contributed by atoms with van der Waals surface area (Å²) in [7, 11) is 0. The lowest BCUT2D eigenvalue weighted by molar-refractivity contribution is -0.389. The van der Waals surface area contributed by atoms with Crippen molar-refractivity contribution in [3.63, 3.8) is 0 Å². The van der Waals surface area contributed by atoms with Gasteiger partial charge in [0.15, 0.2) is 37.7 Å². The van der Waals surface area contributed by atoms with E-state index in [2.05, 4.69) is 16.0 Å². The average Bonchev–Trinajstić information content (AvgIpc) is 1.13. The molecule has 86 heavy (non-hydrogen) atoms. The Bertz CT molecular complexity index is 2120. The monoisotopic (exact) mass is 1260 g/mol. The lowest BCUT2D eigenvalue weighted by atomic mass is 9.94. The van der Waals surface area contributed by atoms with Crippen molar-refractivity contribution in [1.82, 2.24) is 16.0 Å². The van der Waals surface area contributed by atoms with Crippen molar-refractivity contribution in [2.24, 2.45) is 0 Å². The third-order valence-electron chi connectivity index (χ3n) is 15.3. The third kappa shape index (κ3) is 16.4. The Morgan fingerprint density at radius 3 is 1.42 bits per heavy atom. The molecule has 0 aromatic rings. The zero-order valence-corrected chi connectivity index (χ0v) is 46.6.